The maximum Gasteiger partial charge on any atom is 0.262 e. The van der Waals surface area contributed by atoms with E-state index in [1.807, 2.05) is 42.5 Å². The van der Waals surface area contributed by atoms with Crippen LogP contribution in [0.15, 0.2) is 42.0 Å². The predicted molar refractivity (Wildman–Crippen MR) is 74.6 cm³/mol. The largest absolute Gasteiger partial charge is 0.497 e. The molecule has 0 spiro atoms. The molecule has 4 nitrogen and oxygen atoms in total. The Morgan fingerprint density at radius 3 is 2.89 bits per heavy atom. The van der Waals surface area contributed by atoms with Crippen molar-refractivity contribution in [1.29, 1.82) is 0 Å². The molecule has 96 valence electrons. The van der Waals surface area contributed by atoms with E-state index in [0.29, 0.717) is 6.54 Å². The zero-order valence-electron chi connectivity index (χ0n) is 10.6. The van der Waals surface area contributed by atoms with E-state index < -0.39 is 0 Å². The van der Waals surface area contributed by atoms with Gasteiger partial charge in [0.15, 0.2) is 0 Å². The second-order valence-corrected chi connectivity index (χ2v) is 4.41. The minimum absolute atomic E-state index is 0.0695. The van der Waals surface area contributed by atoms with Crippen LogP contribution in [0.1, 0.15) is 5.56 Å². The summed E-state index contributed by atoms with van der Waals surface area (Å²) in [5.41, 5.74) is 7.15. The van der Waals surface area contributed by atoms with Crippen molar-refractivity contribution in [3.63, 3.8) is 0 Å². The number of amides is 1. The Labute approximate surface area is 111 Å². The molecule has 0 radical (unpaired) electrons. The lowest BCUT2D eigenvalue weighted by Gasteiger charge is -2.06. The molecule has 1 aliphatic rings. The van der Waals surface area contributed by atoms with Crippen molar-refractivity contribution in [2.75, 3.05) is 13.7 Å². The smallest absolute Gasteiger partial charge is 0.262 e. The number of rotatable bonds is 2. The molecule has 0 unspecified atom stereocenters. The summed E-state index contributed by atoms with van der Waals surface area (Å²) in [7, 11) is 1.65. The number of carbonyl (C=O) groups is 1. The van der Waals surface area contributed by atoms with Gasteiger partial charge in [0.1, 0.15) is 5.75 Å². The molecule has 1 heterocycles. The summed E-state index contributed by atoms with van der Waals surface area (Å²) in [5, 5.41) is 2.20. The van der Waals surface area contributed by atoms with Crippen LogP contribution in [-0.2, 0) is 4.79 Å². The molecule has 0 aliphatic carbocycles. The van der Waals surface area contributed by atoms with Crippen LogP contribution in [0.5, 0.6) is 5.75 Å². The van der Waals surface area contributed by atoms with E-state index in [-0.39, 0.29) is 5.91 Å². The first kappa shape index (κ1) is 11.7. The number of hydrazine groups is 1. The molecule has 1 fully saturated rings. The number of nitrogens with one attached hydrogen (secondary N) is 2. The fourth-order valence-corrected chi connectivity index (χ4v) is 2.21. The van der Waals surface area contributed by atoms with Crippen LogP contribution in [0.3, 0.4) is 0 Å². The number of carbonyl (C=O) groups excluding carboxylic acids is 1. The van der Waals surface area contributed by atoms with Gasteiger partial charge in [0, 0.05) is 12.1 Å². The number of ether oxygens (including phenoxy) is 1. The van der Waals surface area contributed by atoms with Crippen molar-refractivity contribution in [3.05, 3.63) is 47.5 Å². The van der Waals surface area contributed by atoms with Crippen molar-refractivity contribution in [3.8, 4) is 5.75 Å². The second-order valence-electron chi connectivity index (χ2n) is 4.41. The number of hydrogen-bond acceptors (Lipinski definition) is 3. The highest BCUT2D eigenvalue weighted by atomic mass is 16.5. The average molecular weight is 254 g/mol. The van der Waals surface area contributed by atoms with Crippen LogP contribution in [0, 0.1) is 0 Å². The summed E-state index contributed by atoms with van der Waals surface area (Å²) in [6.45, 7) is 0.541. The van der Waals surface area contributed by atoms with Gasteiger partial charge in [0.2, 0.25) is 0 Å². The van der Waals surface area contributed by atoms with Gasteiger partial charge in [-0.1, -0.05) is 24.3 Å². The Bertz CT molecular complexity index is 677. The first-order valence-corrected chi connectivity index (χ1v) is 6.08. The fourth-order valence-electron chi connectivity index (χ4n) is 2.21. The standard InChI is InChI=1S/C15H14N2O2/c1-19-13-6-5-10-3-2-4-11(14(10)8-13)7-12-9-16-17-15(12)18/h2-8,16H,9H2,1H3,(H,17,18)/b12-7+. The number of methoxy groups -OCH3 is 1. The monoisotopic (exact) mass is 254 g/mol. The molecule has 4 heteroatoms. The molecule has 3 rings (SSSR count). The number of fused-ring (bicyclic) bond motifs is 1. The van der Waals surface area contributed by atoms with Gasteiger partial charge in [-0.05, 0) is 34.5 Å². The van der Waals surface area contributed by atoms with Gasteiger partial charge < -0.3 is 4.74 Å². The van der Waals surface area contributed by atoms with Crippen molar-refractivity contribution >= 4 is 22.8 Å². The van der Waals surface area contributed by atoms with Crippen molar-refractivity contribution in [1.82, 2.24) is 10.9 Å². The molecular formula is C15H14N2O2. The lowest BCUT2D eigenvalue weighted by atomic mass is 10.0. The molecule has 0 bridgehead atoms. The van der Waals surface area contributed by atoms with Crippen LogP contribution < -0.4 is 15.6 Å². The van der Waals surface area contributed by atoms with E-state index >= 15 is 0 Å². The van der Waals surface area contributed by atoms with E-state index in [4.69, 9.17) is 4.74 Å². The molecule has 1 amide bonds. The first-order chi connectivity index (χ1) is 9.28. The molecule has 2 aromatic rings. The summed E-state index contributed by atoms with van der Waals surface area (Å²) in [5.74, 6) is 0.743. The predicted octanol–water partition coefficient (Wildman–Crippen LogP) is 1.87. The molecule has 19 heavy (non-hydrogen) atoms. The highest BCUT2D eigenvalue weighted by Crippen LogP contribution is 2.25. The highest BCUT2D eigenvalue weighted by molar-refractivity contribution is 6.02. The summed E-state index contributed by atoms with van der Waals surface area (Å²) < 4.78 is 5.26. The van der Waals surface area contributed by atoms with E-state index in [2.05, 4.69) is 10.9 Å². The van der Waals surface area contributed by atoms with Gasteiger partial charge in [0.25, 0.3) is 5.91 Å². The minimum Gasteiger partial charge on any atom is -0.497 e. The summed E-state index contributed by atoms with van der Waals surface area (Å²) in [4.78, 5) is 11.6. The molecular weight excluding hydrogens is 240 g/mol. The Kier molecular flexibility index (Phi) is 2.93. The molecule has 2 aromatic carbocycles. The van der Waals surface area contributed by atoms with Gasteiger partial charge in [0.05, 0.1) is 7.11 Å². The lowest BCUT2D eigenvalue weighted by molar-refractivity contribution is -0.116. The topological polar surface area (TPSA) is 50.4 Å². The summed E-state index contributed by atoms with van der Waals surface area (Å²) >= 11 is 0. The zero-order chi connectivity index (χ0) is 13.2. The van der Waals surface area contributed by atoms with Gasteiger partial charge in [-0.2, -0.15) is 0 Å². The van der Waals surface area contributed by atoms with Gasteiger partial charge in [-0.25, -0.2) is 5.43 Å². The molecule has 0 aromatic heterocycles. The molecule has 2 N–H and O–H groups in total. The van der Waals surface area contributed by atoms with Crippen LogP contribution in [0.25, 0.3) is 16.8 Å². The Morgan fingerprint density at radius 2 is 2.16 bits per heavy atom. The fraction of sp³-hybridized carbons (Fsp3) is 0.133. The SMILES string of the molecule is COc1ccc2cccc(/C=C3\CNNC3=O)c2c1. The van der Waals surface area contributed by atoms with Crippen LogP contribution in [0.2, 0.25) is 0 Å². The third-order valence-corrected chi connectivity index (χ3v) is 3.23. The number of benzene rings is 2. The maximum atomic E-state index is 11.6. The Balaban J connectivity index is 2.15. The Hall–Kier alpha value is -2.33. The zero-order valence-corrected chi connectivity index (χ0v) is 10.6. The van der Waals surface area contributed by atoms with Gasteiger partial charge >= 0.3 is 0 Å². The van der Waals surface area contributed by atoms with Gasteiger partial charge in [-0.3, -0.25) is 10.2 Å². The first-order valence-electron chi connectivity index (χ1n) is 6.08. The van der Waals surface area contributed by atoms with Crippen molar-refractivity contribution in [2.45, 2.75) is 0 Å². The normalized spacial score (nSPS) is 16.9. The van der Waals surface area contributed by atoms with E-state index in [1.54, 1.807) is 7.11 Å². The van der Waals surface area contributed by atoms with E-state index in [9.17, 15) is 4.79 Å². The van der Waals surface area contributed by atoms with Crippen molar-refractivity contribution in [2.24, 2.45) is 0 Å². The average Bonchev–Trinajstić information content (AvgIpc) is 2.84. The van der Waals surface area contributed by atoms with E-state index in [1.165, 1.54) is 0 Å². The van der Waals surface area contributed by atoms with E-state index in [0.717, 1.165) is 27.7 Å². The molecule has 0 saturated carbocycles. The third-order valence-electron chi connectivity index (χ3n) is 3.23. The van der Waals surface area contributed by atoms with Crippen molar-refractivity contribution < 1.29 is 9.53 Å². The molecule has 0 atom stereocenters. The summed E-state index contributed by atoms with van der Waals surface area (Å²) in [6.07, 6.45) is 1.91. The summed E-state index contributed by atoms with van der Waals surface area (Å²) in [6, 6.07) is 12.0. The molecule has 1 saturated heterocycles. The van der Waals surface area contributed by atoms with Gasteiger partial charge in [-0.15, -0.1) is 0 Å². The second kappa shape index (κ2) is 4.74. The highest BCUT2D eigenvalue weighted by Gasteiger charge is 2.15. The lowest BCUT2D eigenvalue weighted by Crippen LogP contribution is -2.25. The number of hydrogen-bond donors (Lipinski definition) is 2. The van der Waals surface area contributed by atoms with Crippen LogP contribution >= 0.6 is 0 Å². The quantitative estimate of drug-likeness (QED) is 0.804. The van der Waals surface area contributed by atoms with Crippen LogP contribution in [-0.4, -0.2) is 19.6 Å². The maximum absolute atomic E-state index is 11.6. The Morgan fingerprint density at radius 1 is 1.26 bits per heavy atom. The van der Waals surface area contributed by atoms with Crippen LogP contribution in [0.4, 0.5) is 0 Å². The third kappa shape index (κ3) is 2.18. The molecule has 1 aliphatic heterocycles. The minimum atomic E-state index is -0.0695.